The van der Waals surface area contributed by atoms with Crippen LogP contribution < -0.4 is 4.72 Å². The molecule has 1 aromatic rings. The first-order valence-corrected chi connectivity index (χ1v) is 8.15. The Morgan fingerprint density at radius 1 is 1.37 bits per heavy atom. The summed E-state index contributed by atoms with van der Waals surface area (Å²) in [7, 11) is -3.45. The molecule has 1 heterocycles. The third-order valence-corrected chi connectivity index (χ3v) is 4.45. The fourth-order valence-corrected chi connectivity index (χ4v) is 2.66. The number of nitrogens with one attached hydrogen (secondary N) is 1. The topological polar surface area (TPSA) is 67.2 Å². The molecule has 110 valence electrons. The van der Waals surface area contributed by atoms with Crippen molar-refractivity contribution in [2.75, 3.05) is 26.2 Å². The lowest BCUT2D eigenvalue weighted by atomic mass is 10.4. The minimum Gasteiger partial charge on any atom is -0.303 e. The van der Waals surface area contributed by atoms with Crippen molar-refractivity contribution in [3.8, 4) is 0 Å². The van der Waals surface area contributed by atoms with Gasteiger partial charge in [0.25, 0.3) is 0 Å². The number of hydrogen-bond acceptors (Lipinski definition) is 4. The Balaban J connectivity index is 2.60. The quantitative estimate of drug-likeness (QED) is 0.777. The average molecular weight is 288 g/mol. The Bertz CT molecular complexity index is 478. The lowest BCUT2D eigenvalue weighted by Crippen LogP contribution is -2.34. The Hall–Kier alpha value is -0.920. The predicted molar refractivity (Wildman–Crippen MR) is 75.6 cm³/mol. The number of sulfonamides is 1. The summed E-state index contributed by atoms with van der Waals surface area (Å²) in [4.78, 5) is 2.39. The number of likely N-dealkylation sites (N-methyl/N-ethyl adjacent to an activating group) is 1. The molecule has 0 aromatic carbocycles. The van der Waals surface area contributed by atoms with Crippen molar-refractivity contribution >= 4 is 10.0 Å². The normalized spacial score (nSPS) is 12.5. The van der Waals surface area contributed by atoms with Gasteiger partial charge in [-0.1, -0.05) is 13.8 Å². The van der Waals surface area contributed by atoms with E-state index >= 15 is 0 Å². The van der Waals surface area contributed by atoms with Crippen LogP contribution in [-0.4, -0.2) is 49.3 Å². The SMILES string of the molecule is CCN(CC)CCNS(=O)(=O)c1cnn(C(C)C)c1. The van der Waals surface area contributed by atoms with Gasteiger partial charge < -0.3 is 4.90 Å². The fraction of sp³-hybridized carbons (Fsp3) is 0.750. The highest BCUT2D eigenvalue weighted by atomic mass is 32.2. The van der Waals surface area contributed by atoms with Gasteiger partial charge in [-0.15, -0.1) is 0 Å². The van der Waals surface area contributed by atoms with Crippen molar-refractivity contribution in [1.29, 1.82) is 0 Å². The number of aromatic nitrogens is 2. The van der Waals surface area contributed by atoms with E-state index in [9.17, 15) is 8.42 Å². The average Bonchev–Trinajstić information content (AvgIpc) is 2.85. The zero-order valence-corrected chi connectivity index (χ0v) is 12.9. The minimum absolute atomic E-state index is 0.152. The number of rotatable bonds is 8. The lowest BCUT2D eigenvalue weighted by molar-refractivity contribution is 0.309. The standard InChI is InChI=1S/C12H24N4O2S/c1-5-15(6-2)8-7-14-19(17,18)12-9-13-16(10-12)11(3)4/h9-11,14H,5-8H2,1-4H3. The summed E-state index contributed by atoms with van der Waals surface area (Å²) >= 11 is 0. The Labute approximate surface area is 115 Å². The maximum Gasteiger partial charge on any atom is 0.243 e. The summed E-state index contributed by atoms with van der Waals surface area (Å²) in [6.45, 7) is 11.0. The van der Waals surface area contributed by atoms with Gasteiger partial charge in [-0.2, -0.15) is 5.10 Å². The van der Waals surface area contributed by atoms with Crippen LogP contribution in [0.25, 0.3) is 0 Å². The molecule has 0 aliphatic carbocycles. The van der Waals surface area contributed by atoms with Gasteiger partial charge in [0.05, 0.1) is 6.20 Å². The molecular formula is C12H24N4O2S. The van der Waals surface area contributed by atoms with Gasteiger partial charge >= 0.3 is 0 Å². The van der Waals surface area contributed by atoms with Gasteiger partial charge in [-0.25, -0.2) is 13.1 Å². The van der Waals surface area contributed by atoms with E-state index in [1.54, 1.807) is 10.9 Å². The molecule has 1 aromatic heterocycles. The molecule has 0 aliphatic rings. The van der Waals surface area contributed by atoms with Crippen molar-refractivity contribution in [2.45, 2.75) is 38.6 Å². The molecule has 0 saturated carbocycles. The van der Waals surface area contributed by atoms with Gasteiger partial charge in [-0.3, -0.25) is 4.68 Å². The molecule has 0 bridgehead atoms. The third kappa shape index (κ3) is 4.59. The van der Waals surface area contributed by atoms with Gasteiger partial charge in [0.2, 0.25) is 10.0 Å². The van der Waals surface area contributed by atoms with E-state index in [0.29, 0.717) is 13.1 Å². The van der Waals surface area contributed by atoms with Gasteiger partial charge in [0.15, 0.2) is 0 Å². The van der Waals surface area contributed by atoms with Crippen LogP contribution in [0.15, 0.2) is 17.3 Å². The molecule has 19 heavy (non-hydrogen) atoms. The molecule has 0 spiro atoms. The van der Waals surface area contributed by atoms with E-state index in [2.05, 4.69) is 28.6 Å². The predicted octanol–water partition coefficient (Wildman–Crippen LogP) is 1.08. The van der Waals surface area contributed by atoms with E-state index in [1.807, 2.05) is 13.8 Å². The summed E-state index contributed by atoms with van der Waals surface area (Å²) < 4.78 is 28.3. The first-order valence-electron chi connectivity index (χ1n) is 6.66. The second-order valence-electron chi connectivity index (χ2n) is 4.67. The Morgan fingerprint density at radius 2 is 2.00 bits per heavy atom. The van der Waals surface area contributed by atoms with Gasteiger partial charge in [-0.05, 0) is 26.9 Å². The van der Waals surface area contributed by atoms with Crippen LogP contribution in [0.2, 0.25) is 0 Å². The highest BCUT2D eigenvalue weighted by Crippen LogP contribution is 2.10. The van der Waals surface area contributed by atoms with E-state index < -0.39 is 10.0 Å². The summed E-state index contributed by atoms with van der Waals surface area (Å²) in [5.41, 5.74) is 0. The summed E-state index contributed by atoms with van der Waals surface area (Å²) in [6, 6.07) is 0.152. The second-order valence-corrected chi connectivity index (χ2v) is 6.44. The van der Waals surface area contributed by atoms with Gasteiger partial charge in [0.1, 0.15) is 4.90 Å². The number of hydrogen-bond donors (Lipinski definition) is 1. The molecule has 0 unspecified atom stereocenters. The molecule has 0 aliphatic heterocycles. The lowest BCUT2D eigenvalue weighted by Gasteiger charge is -2.17. The molecule has 0 fully saturated rings. The van der Waals surface area contributed by atoms with E-state index in [0.717, 1.165) is 13.1 Å². The molecule has 1 rings (SSSR count). The molecule has 0 saturated heterocycles. The highest BCUT2D eigenvalue weighted by Gasteiger charge is 2.16. The van der Waals surface area contributed by atoms with Crippen molar-refractivity contribution in [3.63, 3.8) is 0 Å². The van der Waals surface area contributed by atoms with Crippen LogP contribution in [-0.2, 0) is 10.0 Å². The second kappa shape index (κ2) is 7.02. The van der Waals surface area contributed by atoms with E-state index in [1.165, 1.54) is 6.20 Å². The molecule has 0 atom stereocenters. The van der Waals surface area contributed by atoms with Crippen molar-refractivity contribution in [1.82, 2.24) is 19.4 Å². The first-order chi connectivity index (χ1) is 8.90. The smallest absolute Gasteiger partial charge is 0.243 e. The zero-order valence-electron chi connectivity index (χ0n) is 12.1. The van der Waals surface area contributed by atoms with Crippen LogP contribution in [0, 0.1) is 0 Å². The van der Waals surface area contributed by atoms with Gasteiger partial charge in [0, 0.05) is 25.3 Å². The largest absolute Gasteiger partial charge is 0.303 e. The minimum atomic E-state index is -3.45. The van der Waals surface area contributed by atoms with Crippen molar-refractivity contribution in [2.24, 2.45) is 0 Å². The first kappa shape index (κ1) is 16.1. The zero-order chi connectivity index (χ0) is 14.5. The van der Waals surface area contributed by atoms with E-state index in [-0.39, 0.29) is 10.9 Å². The number of nitrogens with zero attached hydrogens (tertiary/aromatic N) is 3. The third-order valence-electron chi connectivity index (χ3n) is 3.03. The van der Waals surface area contributed by atoms with Crippen molar-refractivity contribution < 1.29 is 8.42 Å². The van der Waals surface area contributed by atoms with E-state index in [4.69, 9.17) is 0 Å². The maximum atomic E-state index is 12.0. The van der Waals surface area contributed by atoms with Crippen LogP contribution in [0.3, 0.4) is 0 Å². The molecule has 0 radical (unpaired) electrons. The van der Waals surface area contributed by atoms with Crippen molar-refractivity contribution in [3.05, 3.63) is 12.4 Å². The summed E-state index contributed by atoms with van der Waals surface area (Å²) in [5.74, 6) is 0. The summed E-state index contributed by atoms with van der Waals surface area (Å²) in [5, 5.41) is 4.04. The molecule has 1 N–H and O–H groups in total. The van der Waals surface area contributed by atoms with Crippen LogP contribution >= 0.6 is 0 Å². The van der Waals surface area contributed by atoms with Crippen LogP contribution in [0.4, 0.5) is 0 Å². The Morgan fingerprint density at radius 3 is 2.47 bits per heavy atom. The Kier molecular flexibility index (Phi) is 5.96. The highest BCUT2D eigenvalue weighted by molar-refractivity contribution is 7.89. The molecule has 6 nitrogen and oxygen atoms in total. The molecule has 0 amide bonds. The van der Waals surface area contributed by atoms with Crippen LogP contribution in [0.1, 0.15) is 33.7 Å². The fourth-order valence-electron chi connectivity index (χ4n) is 1.70. The monoisotopic (exact) mass is 288 g/mol. The summed E-state index contributed by atoms with van der Waals surface area (Å²) in [6.07, 6.45) is 2.95. The van der Waals surface area contributed by atoms with Crippen LogP contribution in [0.5, 0.6) is 0 Å². The maximum absolute atomic E-state index is 12.0. The molecule has 7 heteroatoms. The molecular weight excluding hydrogens is 264 g/mol.